The van der Waals surface area contributed by atoms with E-state index in [9.17, 15) is 0 Å². The molecule has 1 unspecified atom stereocenters. The molecule has 2 aliphatic rings. The largest absolute Gasteiger partial charge is 0.345 e. The lowest BCUT2D eigenvalue weighted by molar-refractivity contribution is -0.0938. The summed E-state index contributed by atoms with van der Waals surface area (Å²) in [6, 6.07) is 0. The van der Waals surface area contributed by atoms with Crippen LogP contribution in [0.1, 0.15) is 39.5 Å². The van der Waals surface area contributed by atoms with Gasteiger partial charge in [-0.3, -0.25) is 0 Å². The molecule has 1 atom stereocenters. The molecular weight excluding hydrogens is 152 g/mol. The molecule has 0 N–H and O–H groups in total. The molecule has 0 bridgehead atoms. The lowest BCUT2D eigenvalue weighted by atomic mass is 9.89. The molecule has 0 aromatic carbocycles. The molecular formula is C10H18O2. The van der Waals surface area contributed by atoms with Crippen molar-refractivity contribution in [2.24, 2.45) is 5.92 Å². The number of epoxide rings is 1. The maximum atomic E-state index is 5.82. The molecule has 1 heterocycles. The quantitative estimate of drug-likeness (QED) is 0.593. The van der Waals surface area contributed by atoms with Crippen LogP contribution in [0.15, 0.2) is 0 Å². The van der Waals surface area contributed by atoms with Crippen molar-refractivity contribution in [3.8, 4) is 0 Å². The van der Waals surface area contributed by atoms with E-state index in [2.05, 4.69) is 6.92 Å². The van der Waals surface area contributed by atoms with Crippen LogP contribution in [-0.4, -0.2) is 18.5 Å². The first-order chi connectivity index (χ1) is 5.68. The molecule has 2 rings (SSSR count). The highest BCUT2D eigenvalue weighted by Gasteiger charge is 2.43. The second kappa shape index (κ2) is 3.00. The highest BCUT2D eigenvalue weighted by Crippen LogP contribution is 2.34. The Bertz CT molecular complexity index is 155. The average Bonchev–Trinajstić information content (AvgIpc) is 2.74. The van der Waals surface area contributed by atoms with E-state index in [0.29, 0.717) is 6.10 Å². The van der Waals surface area contributed by atoms with Crippen molar-refractivity contribution >= 4 is 0 Å². The molecule has 12 heavy (non-hydrogen) atoms. The third-order valence-electron chi connectivity index (χ3n) is 2.93. The molecule has 70 valence electrons. The summed E-state index contributed by atoms with van der Waals surface area (Å²) < 4.78 is 11.0. The van der Waals surface area contributed by atoms with Gasteiger partial charge in [-0.2, -0.15) is 0 Å². The lowest BCUT2D eigenvalue weighted by Gasteiger charge is -2.27. The smallest absolute Gasteiger partial charge is 0.189 e. The van der Waals surface area contributed by atoms with Gasteiger partial charge < -0.3 is 9.47 Å². The first-order valence-corrected chi connectivity index (χ1v) is 5.00. The molecule has 0 aromatic heterocycles. The molecule has 0 spiro atoms. The van der Waals surface area contributed by atoms with Crippen molar-refractivity contribution in [3.05, 3.63) is 0 Å². The number of rotatable bonds is 2. The van der Waals surface area contributed by atoms with E-state index in [-0.39, 0.29) is 5.79 Å². The van der Waals surface area contributed by atoms with Crippen LogP contribution in [-0.2, 0) is 9.47 Å². The zero-order valence-corrected chi connectivity index (χ0v) is 8.01. The van der Waals surface area contributed by atoms with Crippen LogP contribution in [0.2, 0.25) is 0 Å². The molecule has 1 saturated carbocycles. The third-order valence-corrected chi connectivity index (χ3v) is 2.93. The molecule has 0 aromatic rings. The Morgan fingerprint density at radius 1 is 1.25 bits per heavy atom. The minimum absolute atomic E-state index is 0.203. The summed E-state index contributed by atoms with van der Waals surface area (Å²) in [7, 11) is 0. The average molecular weight is 170 g/mol. The Morgan fingerprint density at radius 2 is 1.83 bits per heavy atom. The number of hydrogen-bond donors (Lipinski definition) is 0. The third kappa shape index (κ3) is 1.99. The highest BCUT2D eigenvalue weighted by atomic mass is 16.8. The fraction of sp³-hybridized carbons (Fsp3) is 1.00. The topological polar surface area (TPSA) is 21.8 Å². The summed E-state index contributed by atoms with van der Waals surface area (Å²) in [6.07, 6.45) is 5.55. The Morgan fingerprint density at radius 3 is 2.33 bits per heavy atom. The fourth-order valence-electron chi connectivity index (χ4n) is 1.87. The predicted octanol–water partition coefficient (Wildman–Crippen LogP) is 2.33. The summed E-state index contributed by atoms with van der Waals surface area (Å²) >= 11 is 0. The van der Waals surface area contributed by atoms with Crippen molar-refractivity contribution in [1.29, 1.82) is 0 Å². The fourth-order valence-corrected chi connectivity index (χ4v) is 1.87. The maximum absolute atomic E-state index is 5.82. The standard InChI is InChI=1S/C10H18O2/c1-8-3-5-9(6-4-8)12-10(2)7-11-10/h8-9H,3-7H2,1-2H3. The van der Waals surface area contributed by atoms with Gasteiger partial charge in [0.1, 0.15) is 6.61 Å². The van der Waals surface area contributed by atoms with Crippen LogP contribution >= 0.6 is 0 Å². The maximum Gasteiger partial charge on any atom is 0.189 e. The first kappa shape index (κ1) is 8.52. The van der Waals surface area contributed by atoms with Gasteiger partial charge >= 0.3 is 0 Å². The van der Waals surface area contributed by atoms with E-state index in [4.69, 9.17) is 9.47 Å². The highest BCUT2D eigenvalue weighted by molar-refractivity contribution is 4.80. The SMILES string of the molecule is CC1CCC(OC2(C)CO2)CC1. The Balaban J connectivity index is 1.75. The van der Waals surface area contributed by atoms with Gasteiger partial charge in [0, 0.05) is 0 Å². The molecule has 1 aliphatic carbocycles. The van der Waals surface area contributed by atoms with E-state index < -0.39 is 0 Å². The van der Waals surface area contributed by atoms with Gasteiger partial charge in [0.25, 0.3) is 0 Å². The van der Waals surface area contributed by atoms with Crippen molar-refractivity contribution in [2.75, 3.05) is 6.61 Å². The molecule has 2 heteroatoms. The molecule has 0 radical (unpaired) electrons. The monoisotopic (exact) mass is 170 g/mol. The van der Waals surface area contributed by atoms with E-state index >= 15 is 0 Å². The Labute approximate surface area is 74.2 Å². The van der Waals surface area contributed by atoms with Gasteiger partial charge in [-0.15, -0.1) is 0 Å². The van der Waals surface area contributed by atoms with E-state index in [1.54, 1.807) is 0 Å². The van der Waals surface area contributed by atoms with Crippen molar-refractivity contribution in [3.63, 3.8) is 0 Å². The molecule has 1 saturated heterocycles. The summed E-state index contributed by atoms with van der Waals surface area (Å²) in [6.45, 7) is 5.15. The van der Waals surface area contributed by atoms with E-state index in [1.165, 1.54) is 25.7 Å². The summed E-state index contributed by atoms with van der Waals surface area (Å²) in [5.41, 5.74) is 0. The van der Waals surface area contributed by atoms with Crippen molar-refractivity contribution in [2.45, 2.75) is 51.4 Å². The predicted molar refractivity (Wildman–Crippen MR) is 46.9 cm³/mol. The van der Waals surface area contributed by atoms with Crippen LogP contribution < -0.4 is 0 Å². The van der Waals surface area contributed by atoms with E-state index in [1.807, 2.05) is 6.92 Å². The second-order valence-corrected chi connectivity index (χ2v) is 4.42. The molecule has 2 nitrogen and oxygen atoms in total. The summed E-state index contributed by atoms with van der Waals surface area (Å²) in [5, 5.41) is 0. The Hall–Kier alpha value is -0.0800. The normalized spacial score (nSPS) is 47.5. The first-order valence-electron chi connectivity index (χ1n) is 5.00. The van der Waals surface area contributed by atoms with Gasteiger partial charge in [0.05, 0.1) is 6.10 Å². The van der Waals surface area contributed by atoms with Gasteiger partial charge in [0.2, 0.25) is 0 Å². The summed E-state index contributed by atoms with van der Waals surface area (Å²) in [5.74, 6) is 0.698. The van der Waals surface area contributed by atoms with Crippen molar-refractivity contribution < 1.29 is 9.47 Å². The summed E-state index contributed by atoms with van der Waals surface area (Å²) in [4.78, 5) is 0. The minimum atomic E-state index is -0.203. The lowest BCUT2D eigenvalue weighted by Crippen LogP contribution is -2.26. The Kier molecular flexibility index (Phi) is 2.13. The van der Waals surface area contributed by atoms with Crippen molar-refractivity contribution in [1.82, 2.24) is 0 Å². The molecule has 1 aliphatic heterocycles. The second-order valence-electron chi connectivity index (χ2n) is 4.42. The van der Waals surface area contributed by atoms with Gasteiger partial charge in [-0.1, -0.05) is 6.92 Å². The number of hydrogen-bond acceptors (Lipinski definition) is 2. The zero-order chi connectivity index (χ0) is 8.60. The van der Waals surface area contributed by atoms with Gasteiger partial charge in [0.15, 0.2) is 5.79 Å². The van der Waals surface area contributed by atoms with Crippen LogP contribution in [0.25, 0.3) is 0 Å². The molecule has 0 amide bonds. The molecule has 2 fully saturated rings. The van der Waals surface area contributed by atoms with Crippen LogP contribution in [0.4, 0.5) is 0 Å². The van der Waals surface area contributed by atoms with E-state index in [0.717, 1.165) is 12.5 Å². The van der Waals surface area contributed by atoms with Gasteiger partial charge in [-0.25, -0.2) is 0 Å². The number of ether oxygens (including phenoxy) is 2. The van der Waals surface area contributed by atoms with Gasteiger partial charge in [-0.05, 0) is 38.5 Å². The van der Waals surface area contributed by atoms with Crippen LogP contribution in [0, 0.1) is 5.92 Å². The van der Waals surface area contributed by atoms with Crippen LogP contribution in [0.5, 0.6) is 0 Å². The zero-order valence-electron chi connectivity index (χ0n) is 8.01. The van der Waals surface area contributed by atoms with Crippen LogP contribution in [0.3, 0.4) is 0 Å². The minimum Gasteiger partial charge on any atom is -0.345 e.